The molecule has 26 heavy (non-hydrogen) atoms. The maximum Gasteiger partial charge on any atom is 0.347 e. The van der Waals surface area contributed by atoms with Gasteiger partial charge >= 0.3 is 7.60 Å². The topological polar surface area (TPSA) is 76.1 Å². The largest absolute Gasteiger partial charge is 0.347 e. The highest BCUT2D eigenvalue weighted by atomic mass is 32.2. The lowest BCUT2D eigenvalue weighted by Gasteiger charge is -2.27. The van der Waals surface area contributed by atoms with Crippen molar-refractivity contribution in [2.75, 3.05) is 26.0 Å². The predicted octanol–water partition coefficient (Wildman–Crippen LogP) is 4.69. The number of nitrogens with zero attached hydrogens (tertiary/aromatic N) is 1. The third-order valence-electron chi connectivity index (χ3n) is 3.72. The molecule has 0 bridgehead atoms. The molecule has 2 aromatic rings. The summed E-state index contributed by atoms with van der Waals surface area (Å²) in [6, 6.07) is 13.5. The van der Waals surface area contributed by atoms with Gasteiger partial charge in [-0.3, -0.25) is 14.6 Å². The van der Waals surface area contributed by atoms with Gasteiger partial charge in [0.15, 0.2) is 0 Å². The van der Waals surface area contributed by atoms with Crippen LogP contribution in [0.4, 0.5) is 0 Å². The first-order chi connectivity index (χ1) is 12.4. The first kappa shape index (κ1) is 20.9. The van der Waals surface area contributed by atoms with Gasteiger partial charge in [-0.15, -0.1) is 11.8 Å². The minimum Gasteiger partial charge on any atom is -0.308 e. The summed E-state index contributed by atoms with van der Waals surface area (Å²) in [6.45, 7) is 3.96. The first-order valence-electron chi connectivity index (χ1n) is 8.36. The second-order valence-corrected chi connectivity index (χ2v) is 9.08. The third-order valence-corrected chi connectivity index (χ3v) is 8.01. The van der Waals surface area contributed by atoms with E-state index < -0.39 is 18.5 Å². The molecule has 0 saturated heterocycles. The smallest absolute Gasteiger partial charge is 0.308 e. The number of rotatable bonds is 9. The lowest BCUT2D eigenvalue weighted by Crippen LogP contribution is -2.24. The zero-order valence-electron chi connectivity index (χ0n) is 15.1. The molecule has 0 aliphatic heterocycles. The molecular formula is C18H24NO5PS. The Hall–Kier alpha value is -1.37. The van der Waals surface area contributed by atoms with Crippen molar-refractivity contribution in [3.8, 4) is 0 Å². The van der Waals surface area contributed by atoms with E-state index in [1.807, 2.05) is 42.5 Å². The number of amides is 1. The number of fused-ring (bicyclic) bond motifs is 1. The second-order valence-electron chi connectivity index (χ2n) is 5.52. The molecule has 1 amide bonds. The van der Waals surface area contributed by atoms with Crippen LogP contribution in [0.15, 0.2) is 42.5 Å². The zero-order chi connectivity index (χ0) is 19.2. The average molecular weight is 397 g/mol. The first-order valence-corrected chi connectivity index (χ1v) is 11.0. The molecule has 0 heterocycles. The van der Waals surface area contributed by atoms with Gasteiger partial charge in [-0.2, -0.15) is 0 Å². The van der Waals surface area contributed by atoms with Crippen LogP contribution in [0.5, 0.6) is 0 Å². The fourth-order valence-corrected chi connectivity index (χ4v) is 6.42. The van der Waals surface area contributed by atoms with Crippen LogP contribution in [0, 0.1) is 0 Å². The third kappa shape index (κ3) is 4.87. The molecule has 0 saturated carbocycles. The number of benzene rings is 2. The van der Waals surface area contributed by atoms with Gasteiger partial charge in [0.25, 0.3) is 5.91 Å². The van der Waals surface area contributed by atoms with Crippen molar-refractivity contribution in [1.29, 1.82) is 0 Å². The van der Waals surface area contributed by atoms with E-state index in [4.69, 9.17) is 9.05 Å². The molecule has 8 heteroatoms. The van der Waals surface area contributed by atoms with E-state index in [9.17, 15) is 14.6 Å². The van der Waals surface area contributed by atoms with E-state index in [0.717, 1.165) is 28.1 Å². The van der Waals surface area contributed by atoms with Gasteiger partial charge in [-0.05, 0) is 30.2 Å². The Kier molecular flexibility index (Phi) is 7.68. The standard InChI is InChI=1S/C18H24NO5PS/c1-4-23-25(22,24-5-2)18(26-13-17(20)19(3)21)16-12-8-10-14-9-6-7-11-15(14)16/h6-12,18,21H,4-5,13H2,1-3H3. The maximum atomic E-state index is 13.5. The van der Waals surface area contributed by atoms with Crippen molar-refractivity contribution in [2.24, 2.45) is 0 Å². The van der Waals surface area contributed by atoms with Crippen LogP contribution in [0.1, 0.15) is 24.4 Å². The fraction of sp³-hybridized carbons (Fsp3) is 0.389. The van der Waals surface area contributed by atoms with Crippen LogP contribution < -0.4 is 0 Å². The molecule has 2 aromatic carbocycles. The van der Waals surface area contributed by atoms with Crippen LogP contribution in [0.2, 0.25) is 0 Å². The average Bonchev–Trinajstić information content (AvgIpc) is 2.62. The Bertz CT molecular complexity index is 783. The second kappa shape index (κ2) is 9.53. The number of hydrogen-bond donors (Lipinski definition) is 1. The highest BCUT2D eigenvalue weighted by Crippen LogP contribution is 2.66. The molecule has 0 radical (unpaired) electrons. The van der Waals surface area contributed by atoms with Crippen molar-refractivity contribution < 1.29 is 23.6 Å². The lowest BCUT2D eigenvalue weighted by molar-refractivity contribution is -0.155. The highest BCUT2D eigenvalue weighted by Gasteiger charge is 2.38. The molecule has 1 atom stereocenters. The van der Waals surface area contributed by atoms with E-state index in [0.29, 0.717) is 5.06 Å². The number of hydrogen-bond acceptors (Lipinski definition) is 6. The Labute approximate surface area is 158 Å². The minimum absolute atomic E-state index is 0.0506. The summed E-state index contributed by atoms with van der Waals surface area (Å²) in [4.78, 5) is 11.2. The van der Waals surface area contributed by atoms with E-state index in [-0.39, 0.29) is 19.0 Å². The van der Waals surface area contributed by atoms with Crippen molar-refractivity contribution in [1.82, 2.24) is 5.06 Å². The van der Waals surface area contributed by atoms with E-state index >= 15 is 0 Å². The minimum atomic E-state index is -3.53. The van der Waals surface area contributed by atoms with Crippen molar-refractivity contribution in [2.45, 2.75) is 18.8 Å². The Morgan fingerprint density at radius 2 is 1.77 bits per heavy atom. The molecule has 2 rings (SSSR count). The summed E-state index contributed by atoms with van der Waals surface area (Å²) in [5.74, 6) is -0.537. The van der Waals surface area contributed by atoms with Crippen LogP contribution in [-0.2, 0) is 18.4 Å². The summed E-state index contributed by atoms with van der Waals surface area (Å²) in [5.41, 5.74) is 0.784. The maximum absolute atomic E-state index is 13.5. The van der Waals surface area contributed by atoms with E-state index in [2.05, 4.69) is 0 Å². The molecule has 0 aliphatic rings. The number of thioether (sulfide) groups is 1. The normalized spacial score (nSPS) is 12.9. The van der Waals surface area contributed by atoms with Gasteiger partial charge in [0.2, 0.25) is 0 Å². The van der Waals surface area contributed by atoms with Crippen molar-refractivity contribution in [3.63, 3.8) is 0 Å². The van der Waals surface area contributed by atoms with Gasteiger partial charge < -0.3 is 9.05 Å². The van der Waals surface area contributed by atoms with Gasteiger partial charge in [-0.1, -0.05) is 42.5 Å². The van der Waals surface area contributed by atoms with E-state index in [1.165, 1.54) is 7.05 Å². The van der Waals surface area contributed by atoms with Crippen molar-refractivity contribution in [3.05, 3.63) is 48.0 Å². The Morgan fingerprint density at radius 3 is 2.38 bits per heavy atom. The summed E-state index contributed by atoms with van der Waals surface area (Å²) in [6.07, 6.45) is 0. The monoisotopic (exact) mass is 397 g/mol. The van der Waals surface area contributed by atoms with Crippen LogP contribution >= 0.6 is 19.4 Å². The quantitative estimate of drug-likeness (QED) is 0.376. The summed E-state index contributed by atoms with van der Waals surface area (Å²) in [7, 11) is -2.27. The molecule has 142 valence electrons. The van der Waals surface area contributed by atoms with E-state index in [1.54, 1.807) is 13.8 Å². The van der Waals surface area contributed by atoms with Gasteiger partial charge in [0.1, 0.15) is 4.99 Å². The summed E-state index contributed by atoms with van der Waals surface area (Å²) in [5, 5.41) is 11.8. The van der Waals surface area contributed by atoms with Crippen LogP contribution in [0.25, 0.3) is 10.8 Å². The fourth-order valence-electron chi connectivity index (χ4n) is 2.59. The summed E-state index contributed by atoms with van der Waals surface area (Å²) < 4.78 is 24.6. The Morgan fingerprint density at radius 1 is 1.15 bits per heavy atom. The molecular weight excluding hydrogens is 373 g/mol. The SMILES string of the molecule is CCOP(=O)(OCC)C(SCC(=O)N(C)O)c1cccc2ccccc12. The van der Waals surface area contributed by atoms with Gasteiger partial charge in [0.05, 0.1) is 19.0 Å². The molecule has 1 N–H and O–H groups in total. The molecule has 6 nitrogen and oxygen atoms in total. The molecule has 1 unspecified atom stereocenters. The summed E-state index contributed by atoms with van der Waals surface area (Å²) >= 11 is 1.15. The number of carbonyl (C=O) groups excluding carboxylic acids is 1. The molecule has 0 aliphatic carbocycles. The number of carbonyl (C=O) groups is 1. The van der Waals surface area contributed by atoms with Crippen LogP contribution in [-0.4, -0.2) is 42.2 Å². The number of hydroxylamine groups is 2. The lowest BCUT2D eigenvalue weighted by atomic mass is 10.1. The molecule has 0 fully saturated rings. The van der Waals surface area contributed by atoms with Crippen LogP contribution in [0.3, 0.4) is 0 Å². The van der Waals surface area contributed by atoms with Gasteiger partial charge in [-0.25, -0.2) is 5.06 Å². The van der Waals surface area contributed by atoms with Gasteiger partial charge in [0, 0.05) is 7.05 Å². The zero-order valence-corrected chi connectivity index (χ0v) is 16.8. The molecule has 0 aromatic heterocycles. The molecule has 0 spiro atoms. The highest BCUT2D eigenvalue weighted by molar-refractivity contribution is 8.05. The predicted molar refractivity (Wildman–Crippen MR) is 105 cm³/mol. The Balaban J connectivity index is 2.51. The van der Waals surface area contributed by atoms with Crippen molar-refractivity contribution >= 4 is 36.0 Å².